The molecule has 0 aromatic heterocycles. The highest BCUT2D eigenvalue weighted by atomic mass is 79.9. The van der Waals surface area contributed by atoms with Crippen LogP contribution in [0.1, 0.15) is 15.9 Å². The smallest absolute Gasteiger partial charge is 0.328 e. The maximum atomic E-state index is 11.5. The first-order chi connectivity index (χ1) is 7.69. The lowest BCUT2D eigenvalue weighted by molar-refractivity contribution is 0.00234. The Morgan fingerprint density at radius 1 is 1.62 bits per heavy atom. The summed E-state index contributed by atoms with van der Waals surface area (Å²) in [5.74, 6) is -0.410. The van der Waals surface area contributed by atoms with Gasteiger partial charge in [0.1, 0.15) is 7.11 Å². The third-order valence-electron chi connectivity index (χ3n) is 1.75. The van der Waals surface area contributed by atoms with Crippen LogP contribution in [0.15, 0.2) is 27.8 Å². The van der Waals surface area contributed by atoms with Gasteiger partial charge in [-0.1, -0.05) is 21.1 Å². The number of oxime groups is 1. The van der Waals surface area contributed by atoms with Gasteiger partial charge in [0, 0.05) is 15.6 Å². The molecule has 5 nitrogen and oxygen atoms in total. The largest absolute Gasteiger partial charge is 0.399 e. The van der Waals surface area contributed by atoms with Crippen LogP contribution in [0.3, 0.4) is 0 Å². The minimum atomic E-state index is -0.410. The van der Waals surface area contributed by atoms with Crippen molar-refractivity contribution in [1.82, 2.24) is 0 Å². The molecule has 82 valence electrons. The summed E-state index contributed by atoms with van der Waals surface area (Å²) in [6.45, 7) is 0. The van der Waals surface area contributed by atoms with Crippen LogP contribution >= 0.6 is 15.9 Å². The number of benzene rings is 1. The fraction of sp³-hybridized carbons (Fsp3) is 0.100. The van der Waals surface area contributed by atoms with Gasteiger partial charge in [0.15, 0.2) is 0 Å². The Hall–Kier alpha value is -1.78. The summed E-state index contributed by atoms with van der Waals surface area (Å²) in [5.41, 5.74) is 9.25. The lowest BCUT2D eigenvalue weighted by atomic mass is 10.1. The van der Waals surface area contributed by atoms with Crippen LogP contribution in [-0.4, -0.2) is 30.1 Å². The molecule has 0 heterocycles. The number of rotatable bonds is 4. The van der Waals surface area contributed by atoms with Gasteiger partial charge >= 0.3 is 6.21 Å². The van der Waals surface area contributed by atoms with E-state index in [0.717, 1.165) is 10.7 Å². The standard InChI is InChI=1S/C10H8BrN3O2/c1-16-14-5-7-4-8(11)2-3-9(7)10(15)6-13-12/h2-6H,1H3/b14-5+. The molecule has 0 saturated heterocycles. The number of halogens is 1. The summed E-state index contributed by atoms with van der Waals surface area (Å²) >= 11 is 3.28. The molecule has 0 aliphatic heterocycles. The van der Waals surface area contributed by atoms with Gasteiger partial charge in [-0.2, -0.15) is 4.79 Å². The molecule has 0 fully saturated rings. The van der Waals surface area contributed by atoms with Crippen molar-refractivity contribution in [2.24, 2.45) is 5.16 Å². The normalized spacial score (nSPS) is 9.88. The first-order valence-corrected chi connectivity index (χ1v) is 5.06. The topological polar surface area (TPSA) is 75.1 Å². The Bertz CT molecular complexity index is 479. The van der Waals surface area contributed by atoms with Gasteiger partial charge in [-0.15, -0.1) is 0 Å². The first-order valence-electron chi connectivity index (χ1n) is 4.27. The number of hydrogen-bond acceptors (Lipinski definition) is 3. The van der Waals surface area contributed by atoms with Crippen molar-refractivity contribution in [3.63, 3.8) is 0 Å². The van der Waals surface area contributed by atoms with E-state index in [4.69, 9.17) is 5.53 Å². The van der Waals surface area contributed by atoms with Crippen LogP contribution in [0.2, 0.25) is 0 Å². The summed E-state index contributed by atoms with van der Waals surface area (Å²) in [6, 6.07) is 5.02. The van der Waals surface area contributed by atoms with Crippen molar-refractivity contribution in [2.45, 2.75) is 0 Å². The van der Waals surface area contributed by atoms with E-state index in [0.29, 0.717) is 11.1 Å². The molecule has 1 rings (SSSR count). The van der Waals surface area contributed by atoms with E-state index < -0.39 is 5.78 Å². The Balaban J connectivity index is 3.21. The van der Waals surface area contributed by atoms with Crippen LogP contribution in [0.5, 0.6) is 0 Å². The molecule has 16 heavy (non-hydrogen) atoms. The average Bonchev–Trinajstić information content (AvgIpc) is 2.26. The SMILES string of the molecule is CO/N=C/c1cc(Br)ccc1C(=O)C=[N+]=[N-]. The van der Waals surface area contributed by atoms with E-state index in [1.807, 2.05) is 0 Å². The molecule has 0 aliphatic carbocycles. The summed E-state index contributed by atoms with van der Waals surface area (Å²) < 4.78 is 0.808. The van der Waals surface area contributed by atoms with Gasteiger partial charge in [0.2, 0.25) is 0 Å². The van der Waals surface area contributed by atoms with Gasteiger partial charge in [0.05, 0.1) is 6.21 Å². The van der Waals surface area contributed by atoms with E-state index >= 15 is 0 Å². The second-order valence-electron chi connectivity index (χ2n) is 2.76. The van der Waals surface area contributed by atoms with Gasteiger partial charge < -0.3 is 10.4 Å². The molecule has 0 bridgehead atoms. The predicted molar refractivity (Wildman–Crippen MR) is 62.8 cm³/mol. The summed E-state index contributed by atoms with van der Waals surface area (Å²) in [7, 11) is 1.41. The fourth-order valence-electron chi connectivity index (χ4n) is 1.10. The van der Waals surface area contributed by atoms with Crippen molar-refractivity contribution in [2.75, 3.05) is 7.11 Å². The highest BCUT2D eigenvalue weighted by Crippen LogP contribution is 2.15. The van der Waals surface area contributed by atoms with Crippen LogP contribution < -0.4 is 0 Å². The molecule has 0 radical (unpaired) electrons. The summed E-state index contributed by atoms with van der Waals surface area (Å²) in [5, 5.41) is 3.58. The molecule has 0 aliphatic rings. The van der Waals surface area contributed by atoms with Gasteiger partial charge in [-0.25, -0.2) is 0 Å². The second-order valence-corrected chi connectivity index (χ2v) is 3.67. The number of ketones is 1. The maximum Gasteiger partial charge on any atom is 0.328 e. The van der Waals surface area contributed by atoms with Gasteiger partial charge in [-0.3, -0.25) is 4.79 Å². The zero-order chi connectivity index (χ0) is 12.0. The molecule has 0 atom stereocenters. The van der Waals surface area contributed by atoms with Crippen molar-refractivity contribution in [3.8, 4) is 0 Å². The van der Waals surface area contributed by atoms with Crippen LogP contribution in [0.4, 0.5) is 0 Å². The Labute approximate surface area is 100 Å². The zero-order valence-corrected chi connectivity index (χ0v) is 10.0. The Morgan fingerprint density at radius 3 is 3.00 bits per heavy atom. The van der Waals surface area contributed by atoms with Crippen molar-refractivity contribution < 1.29 is 14.4 Å². The highest BCUT2D eigenvalue weighted by molar-refractivity contribution is 9.10. The van der Waals surface area contributed by atoms with Gasteiger partial charge in [0.25, 0.3) is 5.78 Å². The van der Waals surface area contributed by atoms with E-state index in [1.54, 1.807) is 18.2 Å². The molecule has 0 unspecified atom stereocenters. The summed E-state index contributed by atoms with van der Waals surface area (Å²) in [6.07, 6.45) is 2.23. The molecular formula is C10H8BrN3O2. The third-order valence-corrected chi connectivity index (χ3v) is 2.24. The molecule has 0 N–H and O–H groups in total. The number of Topliss-reactive ketones (excluding diaryl/α,β-unsaturated/α-hetero) is 1. The van der Waals surface area contributed by atoms with Crippen LogP contribution in [-0.2, 0) is 4.84 Å². The number of hydrogen-bond donors (Lipinski definition) is 0. The molecule has 0 saturated carbocycles. The van der Waals surface area contributed by atoms with Crippen molar-refractivity contribution in [1.29, 1.82) is 0 Å². The molecule has 1 aromatic carbocycles. The van der Waals surface area contributed by atoms with Crippen LogP contribution in [0, 0.1) is 0 Å². The third kappa shape index (κ3) is 3.12. The number of carbonyl (C=O) groups is 1. The Morgan fingerprint density at radius 2 is 2.38 bits per heavy atom. The molecule has 6 heteroatoms. The minimum Gasteiger partial charge on any atom is -0.399 e. The first kappa shape index (κ1) is 12.3. The molecule has 0 amide bonds. The van der Waals surface area contributed by atoms with E-state index in [1.165, 1.54) is 13.3 Å². The van der Waals surface area contributed by atoms with E-state index in [2.05, 4.69) is 30.7 Å². The quantitative estimate of drug-likeness (QED) is 0.278. The lowest BCUT2D eigenvalue weighted by Crippen LogP contribution is -2.05. The van der Waals surface area contributed by atoms with Gasteiger partial charge in [-0.05, 0) is 18.2 Å². The maximum absolute atomic E-state index is 11.5. The second kappa shape index (κ2) is 5.95. The van der Waals surface area contributed by atoms with Crippen LogP contribution in [0.25, 0.3) is 5.53 Å². The summed E-state index contributed by atoms with van der Waals surface area (Å²) in [4.78, 5) is 18.7. The van der Waals surface area contributed by atoms with Crippen molar-refractivity contribution >= 4 is 34.1 Å². The highest BCUT2D eigenvalue weighted by Gasteiger charge is 2.11. The zero-order valence-electron chi connectivity index (χ0n) is 8.42. The van der Waals surface area contributed by atoms with E-state index in [-0.39, 0.29) is 0 Å². The molecule has 0 spiro atoms. The Kier molecular flexibility index (Phi) is 4.57. The minimum absolute atomic E-state index is 0.377. The predicted octanol–water partition coefficient (Wildman–Crippen LogP) is 1.91. The number of nitrogens with zero attached hydrogens (tertiary/aromatic N) is 3. The molecular weight excluding hydrogens is 274 g/mol. The fourth-order valence-corrected chi connectivity index (χ4v) is 1.48. The average molecular weight is 282 g/mol. The lowest BCUT2D eigenvalue weighted by Gasteiger charge is -2.00. The molecule has 1 aromatic rings. The number of carbonyl (C=O) groups excluding carboxylic acids is 1. The monoisotopic (exact) mass is 281 g/mol. The van der Waals surface area contributed by atoms with E-state index in [9.17, 15) is 4.79 Å². The van der Waals surface area contributed by atoms with Crippen molar-refractivity contribution in [3.05, 3.63) is 39.3 Å².